The van der Waals surface area contributed by atoms with Crippen LogP contribution < -0.4 is 10.1 Å². The van der Waals surface area contributed by atoms with Crippen LogP contribution in [0.15, 0.2) is 18.2 Å². The molecule has 0 bridgehead atoms. The van der Waals surface area contributed by atoms with Crippen LogP contribution in [0.1, 0.15) is 51.7 Å². The molecule has 7 nitrogen and oxygen atoms in total. The van der Waals surface area contributed by atoms with Gasteiger partial charge in [-0.05, 0) is 42.5 Å². The summed E-state index contributed by atoms with van der Waals surface area (Å²) in [5.41, 5.74) is 2.71. The van der Waals surface area contributed by atoms with Crippen LogP contribution in [0, 0.1) is 6.92 Å². The molecule has 0 saturated heterocycles. The Morgan fingerprint density at radius 2 is 1.68 bits per heavy atom. The molecular formula is C21H35NO6. The summed E-state index contributed by atoms with van der Waals surface area (Å²) in [6, 6.07) is 6.44. The van der Waals surface area contributed by atoms with E-state index >= 15 is 0 Å². The molecule has 0 aromatic heterocycles. The maximum absolute atomic E-state index is 9.10. The molecule has 28 heavy (non-hydrogen) atoms. The molecule has 0 atom stereocenters. The molecule has 0 amide bonds. The first-order chi connectivity index (χ1) is 13.1. The Labute approximate surface area is 168 Å². The molecular weight excluding hydrogens is 362 g/mol. The lowest BCUT2D eigenvalue weighted by molar-refractivity contribution is -0.159. The molecule has 7 heteroatoms. The second kappa shape index (κ2) is 14.0. The van der Waals surface area contributed by atoms with Crippen molar-refractivity contribution in [2.45, 2.75) is 52.9 Å². The van der Waals surface area contributed by atoms with E-state index in [9.17, 15) is 0 Å². The smallest absolute Gasteiger partial charge is 0.414 e. The highest BCUT2D eigenvalue weighted by atomic mass is 16.5. The lowest BCUT2D eigenvalue weighted by atomic mass is 9.86. The number of benzene rings is 1. The summed E-state index contributed by atoms with van der Waals surface area (Å²) in [5.74, 6) is -2.69. The van der Waals surface area contributed by atoms with E-state index in [1.165, 1.54) is 24.0 Å². The Morgan fingerprint density at radius 1 is 1.04 bits per heavy atom. The largest absolute Gasteiger partial charge is 0.491 e. The average molecular weight is 398 g/mol. The van der Waals surface area contributed by atoms with E-state index in [0.29, 0.717) is 13.2 Å². The van der Waals surface area contributed by atoms with Crippen molar-refractivity contribution in [2.24, 2.45) is 0 Å². The number of carboxylic acid groups (broad SMARTS) is 2. The van der Waals surface area contributed by atoms with E-state index in [1.54, 1.807) is 0 Å². The van der Waals surface area contributed by atoms with E-state index in [-0.39, 0.29) is 5.41 Å². The van der Waals surface area contributed by atoms with Gasteiger partial charge in [0.25, 0.3) is 0 Å². The van der Waals surface area contributed by atoms with Gasteiger partial charge in [-0.2, -0.15) is 0 Å². The zero-order valence-corrected chi connectivity index (χ0v) is 17.7. The number of ether oxygens (including phenoxy) is 2. The molecule has 0 aliphatic carbocycles. The quantitative estimate of drug-likeness (QED) is 0.411. The first-order valence-corrected chi connectivity index (χ1v) is 9.58. The summed E-state index contributed by atoms with van der Waals surface area (Å²) >= 11 is 0. The van der Waals surface area contributed by atoms with Gasteiger partial charge in [-0.15, -0.1) is 0 Å². The molecule has 0 spiro atoms. The minimum atomic E-state index is -1.82. The van der Waals surface area contributed by atoms with E-state index in [2.05, 4.69) is 58.1 Å². The third-order valence-electron chi connectivity index (χ3n) is 3.84. The summed E-state index contributed by atoms with van der Waals surface area (Å²) in [7, 11) is 0. The highest BCUT2D eigenvalue weighted by Gasteiger charge is 2.14. The molecule has 1 aromatic rings. The second-order valence-electron chi connectivity index (χ2n) is 7.40. The van der Waals surface area contributed by atoms with Crippen LogP contribution in [0.4, 0.5) is 0 Å². The molecule has 160 valence electrons. The Hall–Kier alpha value is -2.12. The first-order valence-electron chi connectivity index (χ1n) is 9.58. The number of carbonyl (C=O) groups is 2. The number of aliphatic carboxylic acids is 2. The molecule has 0 unspecified atom stereocenters. The molecule has 0 radical (unpaired) electrons. The maximum Gasteiger partial charge on any atom is 0.414 e. The molecule has 1 aromatic carbocycles. The monoisotopic (exact) mass is 397 g/mol. The minimum absolute atomic E-state index is 0.178. The lowest BCUT2D eigenvalue weighted by Crippen LogP contribution is -2.21. The van der Waals surface area contributed by atoms with Gasteiger partial charge in [0, 0.05) is 6.54 Å². The number of carboxylic acids is 2. The van der Waals surface area contributed by atoms with Crippen molar-refractivity contribution in [1.29, 1.82) is 0 Å². The fourth-order valence-corrected chi connectivity index (χ4v) is 2.16. The second-order valence-corrected chi connectivity index (χ2v) is 7.40. The molecule has 1 rings (SSSR count). The topological polar surface area (TPSA) is 105 Å². The normalized spacial score (nSPS) is 10.8. The number of hydrogen-bond acceptors (Lipinski definition) is 5. The Balaban J connectivity index is 0.00000105. The molecule has 0 fully saturated rings. The van der Waals surface area contributed by atoms with Crippen molar-refractivity contribution in [3.8, 4) is 5.75 Å². The van der Waals surface area contributed by atoms with Crippen molar-refractivity contribution in [3.63, 3.8) is 0 Å². The minimum Gasteiger partial charge on any atom is -0.491 e. The molecule has 0 heterocycles. The Bertz CT molecular complexity index is 583. The molecule has 0 aliphatic heterocycles. The highest BCUT2D eigenvalue weighted by Crippen LogP contribution is 2.27. The van der Waals surface area contributed by atoms with Gasteiger partial charge in [0.15, 0.2) is 0 Å². The highest BCUT2D eigenvalue weighted by molar-refractivity contribution is 6.27. The van der Waals surface area contributed by atoms with Crippen molar-refractivity contribution >= 4 is 11.9 Å². The van der Waals surface area contributed by atoms with Gasteiger partial charge in [-0.1, -0.05) is 46.2 Å². The average Bonchev–Trinajstić information content (AvgIpc) is 2.61. The predicted octanol–water partition coefficient (Wildman–Crippen LogP) is 3.23. The van der Waals surface area contributed by atoms with Crippen LogP contribution in [0.5, 0.6) is 5.75 Å². The molecule has 3 N–H and O–H groups in total. The number of nitrogens with one attached hydrogen (secondary N) is 1. The van der Waals surface area contributed by atoms with Crippen molar-refractivity contribution < 1.29 is 29.3 Å². The van der Waals surface area contributed by atoms with E-state index < -0.39 is 11.9 Å². The van der Waals surface area contributed by atoms with Gasteiger partial charge in [0.1, 0.15) is 12.4 Å². The Morgan fingerprint density at radius 3 is 2.18 bits per heavy atom. The van der Waals surface area contributed by atoms with Crippen LogP contribution >= 0.6 is 0 Å². The summed E-state index contributed by atoms with van der Waals surface area (Å²) in [6.45, 7) is 15.0. The van der Waals surface area contributed by atoms with Gasteiger partial charge < -0.3 is 25.0 Å². The van der Waals surface area contributed by atoms with Gasteiger partial charge in [0.2, 0.25) is 0 Å². The Kier molecular flexibility index (Phi) is 12.9. The number of hydrogen-bond donors (Lipinski definition) is 3. The van der Waals surface area contributed by atoms with Crippen molar-refractivity contribution in [3.05, 3.63) is 29.3 Å². The third kappa shape index (κ3) is 12.3. The van der Waals surface area contributed by atoms with Gasteiger partial charge >= 0.3 is 11.9 Å². The van der Waals surface area contributed by atoms with Gasteiger partial charge in [-0.3, -0.25) is 0 Å². The third-order valence-corrected chi connectivity index (χ3v) is 3.84. The zero-order valence-electron chi connectivity index (χ0n) is 17.7. The zero-order chi connectivity index (χ0) is 21.6. The summed E-state index contributed by atoms with van der Waals surface area (Å²) in [4.78, 5) is 18.2. The van der Waals surface area contributed by atoms with Crippen LogP contribution in [0.25, 0.3) is 0 Å². The van der Waals surface area contributed by atoms with Crippen LogP contribution in [-0.4, -0.2) is 55.1 Å². The first kappa shape index (κ1) is 25.9. The van der Waals surface area contributed by atoms with Crippen molar-refractivity contribution in [1.82, 2.24) is 5.32 Å². The maximum atomic E-state index is 9.10. The fraction of sp³-hybridized carbons (Fsp3) is 0.619. The number of aryl methyl sites for hydroxylation is 1. The van der Waals surface area contributed by atoms with E-state index in [1.807, 2.05) is 0 Å². The number of rotatable bonds is 10. The standard InChI is InChI=1S/C19H33NO2.C2H2O4/c1-6-7-10-20-11-12-21-13-14-22-18-9-8-17(15-16(18)2)19(3,4)5;3-1(4)2(5)6/h8-9,15,20H,6-7,10-14H2,1-5H3;(H,3,4)(H,5,6). The lowest BCUT2D eigenvalue weighted by Gasteiger charge is -2.20. The van der Waals surface area contributed by atoms with E-state index in [4.69, 9.17) is 29.3 Å². The van der Waals surface area contributed by atoms with Gasteiger partial charge in [0.05, 0.1) is 13.2 Å². The summed E-state index contributed by atoms with van der Waals surface area (Å²) in [6.07, 6.45) is 2.46. The molecule has 0 saturated carbocycles. The summed E-state index contributed by atoms with van der Waals surface area (Å²) in [5, 5.41) is 18.1. The predicted molar refractivity (Wildman–Crippen MR) is 109 cm³/mol. The van der Waals surface area contributed by atoms with E-state index in [0.717, 1.165) is 25.4 Å². The van der Waals surface area contributed by atoms with Crippen molar-refractivity contribution in [2.75, 3.05) is 32.9 Å². The van der Waals surface area contributed by atoms with Gasteiger partial charge in [-0.25, -0.2) is 9.59 Å². The van der Waals surface area contributed by atoms with Crippen LogP contribution in [-0.2, 0) is 19.7 Å². The van der Waals surface area contributed by atoms with Crippen LogP contribution in [0.2, 0.25) is 0 Å². The van der Waals surface area contributed by atoms with Crippen LogP contribution in [0.3, 0.4) is 0 Å². The summed E-state index contributed by atoms with van der Waals surface area (Å²) < 4.78 is 11.4. The molecule has 0 aliphatic rings. The number of unbranched alkanes of at least 4 members (excludes halogenated alkanes) is 1. The SMILES string of the molecule is CCCCNCCOCCOc1ccc(C(C)(C)C)cc1C.O=C(O)C(=O)O. The fourth-order valence-electron chi connectivity index (χ4n) is 2.16.